The van der Waals surface area contributed by atoms with Crippen molar-refractivity contribution in [1.29, 1.82) is 0 Å². The fraction of sp³-hybridized carbons (Fsp3) is 0.405. The number of ether oxygens (including phenoxy) is 1. The summed E-state index contributed by atoms with van der Waals surface area (Å²) in [5.74, 6) is -2.56. The average molecular weight is 643 g/mol. The molecule has 1 aliphatic heterocycles. The van der Waals surface area contributed by atoms with Gasteiger partial charge >= 0.3 is 11.8 Å². The minimum atomic E-state index is -1.59. The Morgan fingerprint density at radius 2 is 1.66 bits per heavy atom. The normalized spacial score (nSPS) is 15.4. The van der Waals surface area contributed by atoms with E-state index in [9.17, 15) is 24.3 Å². The van der Waals surface area contributed by atoms with Gasteiger partial charge in [-0.3, -0.25) is 19.2 Å². The van der Waals surface area contributed by atoms with Crippen LogP contribution in [0.3, 0.4) is 0 Å². The first-order valence-electron chi connectivity index (χ1n) is 16.1. The number of piperazine rings is 1. The highest BCUT2D eigenvalue weighted by Gasteiger charge is 2.40. The number of Topliss-reactive ketones (excluding diaryl/α,β-unsaturated/α-hetero) is 1. The number of nitrogens with zero attached hydrogens (tertiary/aromatic N) is 1. The van der Waals surface area contributed by atoms with Crippen molar-refractivity contribution >= 4 is 29.2 Å². The zero-order valence-corrected chi connectivity index (χ0v) is 27.6. The summed E-state index contributed by atoms with van der Waals surface area (Å²) in [7, 11) is 0. The van der Waals surface area contributed by atoms with E-state index in [4.69, 9.17) is 10.5 Å². The number of hydrogen-bond acceptors (Lipinski definition) is 7. The molecule has 4 rings (SSSR count). The molecule has 0 aliphatic carbocycles. The lowest BCUT2D eigenvalue weighted by Crippen LogP contribution is -2.57. The van der Waals surface area contributed by atoms with Crippen molar-refractivity contribution in [3.05, 3.63) is 95.1 Å². The van der Waals surface area contributed by atoms with Crippen molar-refractivity contribution in [3.63, 3.8) is 0 Å². The number of anilines is 1. The van der Waals surface area contributed by atoms with Gasteiger partial charge in [0.2, 0.25) is 0 Å². The Labute approximate surface area is 276 Å². The fourth-order valence-electron chi connectivity index (χ4n) is 6.04. The molecule has 3 atom stereocenters. The van der Waals surface area contributed by atoms with Gasteiger partial charge in [0.05, 0.1) is 11.3 Å². The van der Waals surface area contributed by atoms with Crippen LogP contribution in [0.4, 0.5) is 5.69 Å². The topological polar surface area (TPSA) is 151 Å². The summed E-state index contributed by atoms with van der Waals surface area (Å²) in [5, 5.41) is 16.4. The van der Waals surface area contributed by atoms with Gasteiger partial charge in [0, 0.05) is 30.6 Å². The summed E-state index contributed by atoms with van der Waals surface area (Å²) in [6, 6.07) is 21.1. The summed E-state index contributed by atoms with van der Waals surface area (Å²) in [4.78, 5) is 53.4. The summed E-state index contributed by atoms with van der Waals surface area (Å²) >= 11 is 0. The highest BCUT2D eigenvalue weighted by atomic mass is 16.5. The Morgan fingerprint density at radius 3 is 2.32 bits per heavy atom. The van der Waals surface area contributed by atoms with Crippen molar-refractivity contribution in [2.24, 2.45) is 11.7 Å². The zero-order chi connectivity index (χ0) is 34.1. The standard InChI is InChI=1S/C37H46N4O6/c1-24-19-20-29(41-22-21-39-35(44)36(41)45)25(2)33(24)47-23-30(42)40-34(37(3,4)46)32(43)28(31(38)27-16-9-6-10-17-27)18-12-11-15-26-13-7-5-8-14-26/h5-10,13-14,16-17,19-20,28,31,34,46H,11-12,15,18,21-23,38H2,1-4H3,(H,39,44)(H,40,42)/t28-,31?,34+/m0/s1. The van der Waals surface area contributed by atoms with E-state index in [1.54, 1.807) is 19.1 Å². The lowest BCUT2D eigenvalue weighted by atomic mass is 9.79. The Balaban J connectivity index is 1.48. The maximum absolute atomic E-state index is 14.2. The maximum atomic E-state index is 14.2. The number of carbonyl (C=O) groups is 4. The van der Waals surface area contributed by atoms with E-state index in [0.717, 1.165) is 30.4 Å². The number of unbranched alkanes of at least 4 members (excludes halogenated alkanes) is 1. The quantitative estimate of drug-likeness (QED) is 0.146. The molecule has 10 nitrogen and oxygen atoms in total. The highest BCUT2D eigenvalue weighted by molar-refractivity contribution is 6.41. The summed E-state index contributed by atoms with van der Waals surface area (Å²) in [6.45, 7) is 6.73. The number of carbonyl (C=O) groups excluding carboxylic acids is 4. The Hall–Kier alpha value is -4.54. The van der Waals surface area contributed by atoms with E-state index >= 15 is 0 Å². The van der Waals surface area contributed by atoms with Crippen LogP contribution in [-0.2, 0) is 25.6 Å². The van der Waals surface area contributed by atoms with Gasteiger partial charge in [-0.25, -0.2) is 0 Å². The molecule has 0 radical (unpaired) electrons. The third kappa shape index (κ3) is 9.05. The molecule has 0 aromatic heterocycles. The predicted octanol–water partition coefficient (Wildman–Crippen LogP) is 3.70. The van der Waals surface area contributed by atoms with Crippen molar-refractivity contribution < 1.29 is 29.0 Å². The maximum Gasteiger partial charge on any atom is 0.316 e. The van der Waals surface area contributed by atoms with Crippen LogP contribution in [0.1, 0.15) is 61.4 Å². The van der Waals surface area contributed by atoms with E-state index in [1.807, 2.05) is 55.5 Å². The van der Waals surface area contributed by atoms with Crippen molar-refractivity contribution in [3.8, 4) is 5.75 Å². The molecule has 47 heavy (non-hydrogen) atoms. The van der Waals surface area contributed by atoms with Gasteiger partial charge in [-0.05, 0) is 69.7 Å². The van der Waals surface area contributed by atoms with E-state index in [-0.39, 0.29) is 5.78 Å². The molecule has 5 N–H and O–H groups in total. The number of benzene rings is 3. The number of aryl methyl sites for hydroxylation is 2. The molecule has 1 heterocycles. The van der Waals surface area contributed by atoms with Crippen LogP contribution in [-0.4, -0.2) is 60.0 Å². The number of hydrogen-bond donors (Lipinski definition) is 4. The number of nitrogens with two attached hydrogens (primary N) is 1. The molecule has 250 valence electrons. The summed E-state index contributed by atoms with van der Waals surface area (Å²) in [6.07, 6.45) is 2.94. The highest BCUT2D eigenvalue weighted by Crippen LogP contribution is 2.33. The predicted molar refractivity (Wildman–Crippen MR) is 181 cm³/mol. The van der Waals surface area contributed by atoms with Gasteiger partial charge in [0.15, 0.2) is 12.4 Å². The molecule has 3 aromatic carbocycles. The number of rotatable bonds is 15. The lowest BCUT2D eigenvalue weighted by molar-refractivity contribution is -0.138. The van der Waals surface area contributed by atoms with Crippen LogP contribution in [0, 0.1) is 19.8 Å². The summed E-state index contributed by atoms with van der Waals surface area (Å²) < 4.78 is 5.95. The molecule has 1 fully saturated rings. The van der Waals surface area contributed by atoms with Crippen molar-refractivity contribution in [2.75, 3.05) is 24.6 Å². The molecule has 1 unspecified atom stereocenters. The first kappa shape index (κ1) is 35.3. The smallest absolute Gasteiger partial charge is 0.316 e. The van der Waals surface area contributed by atoms with E-state index in [1.165, 1.54) is 24.3 Å². The van der Waals surface area contributed by atoms with Crippen molar-refractivity contribution in [2.45, 2.75) is 71.1 Å². The van der Waals surface area contributed by atoms with Crippen LogP contribution in [0.2, 0.25) is 0 Å². The minimum Gasteiger partial charge on any atom is -0.483 e. The molecule has 3 amide bonds. The minimum absolute atomic E-state index is 0.308. The molecular weight excluding hydrogens is 596 g/mol. The van der Waals surface area contributed by atoms with Gasteiger partial charge in [-0.1, -0.05) is 73.2 Å². The summed E-state index contributed by atoms with van der Waals surface area (Å²) in [5.41, 5.74) is 8.98. The van der Waals surface area contributed by atoms with Crippen LogP contribution in [0.5, 0.6) is 5.75 Å². The monoisotopic (exact) mass is 642 g/mol. The zero-order valence-electron chi connectivity index (χ0n) is 27.6. The number of ketones is 1. The Morgan fingerprint density at radius 1 is 1.00 bits per heavy atom. The number of amides is 3. The molecule has 0 spiro atoms. The third-order valence-electron chi connectivity index (χ3n) is 8.63. The number of aliphatic hydroxyl groups is 1. The first-order valence-corrected chi connectivity index (χ1v) is 16.1. The second-order valence-corrected chi connectivity index (χ2v) is 12.7. The van der Waals surface area contributed by atoms with Crippen LogP contribution in [0.15, 0.2) is 72.8 Å². The molecule has 3 aromatic rings. The largest absolute Gasteiger partial charge is 0.483 e. The second-order valence-electron chi connectivity index (χ2n) is 12.7. The Kier molecular flexibility index (Phi) is 11.9. The number of nitrogens with one attached hydrogen (secondary N) is 2. The van der Waals surface area contributed by atoms with E-state index in [2.05, 4.69) is 22.8 Å². The second kappa shape index (κ2) is 15.8. The van der Waals surface area contributed by atoms with Gasteiger partial charge in [-0.2, -0.15) is 0 Å². The van der Waals surface area contributed by atoms with Gasteiger partial charge in [0.25, 0.3) is 5.91 Å². The van der Waals surface area contributed by atoms with Gasteiger partial charge in [0.1, 0.15) is 11.8 Å². The SMILES string of the molecule is Cc1ccc(N2CCNC(=O)C2=O)c(C)c1OCC(=O)N[C@H](C(=O)[C@@H](CCCCc1ccccc1)C(N)c1ccccc1)C(C)(C)O. The van der Waals surface area contributed by atoms with Crippen LogP contribution in [0.25, 0.3) is 0 Å². The molecule has 0 bridgehead atoms. The molecule has 1 saturated heterocycles. The van der Waals surface area contributed by atoms with E-state index < -0.39 is 47.9 Å². The lowest BCUT2D eigenvalue weighted by Gasteiger charge is -2.34. The molecular formula is C37H46N4O6. The first-order chi connectivity index (χ1) is 22.4. The average Bonchev–Trinajstić information content (AvgIpc) is 3.05. The molecule has 1 aliphatic rings. The molecule has 10 heteroatoms. The van der Waals surface area contributed by atoms with Gasteiger partial charge in [-0.15, -0.1) is 0 Å². The van der Waals surface area contributed by atoms with Crippen LogP contribution < -0.4 is 26.0 Å². The van der Waals surface area contributed by atoms with Crippen LogP contribution >= 0.6 is 0 Å². The van der Waals surface area contributed by atoms with Crippen molar-refractivity contribution in [1.82, 2.24) is 10.6 Å². The van der Waals surface area contributed by atoms with E-state index in [0.29, 0.717) is 36.5 Å². The van der Waals surface area contributed by atoms with Gasteiger partial charge < -0.3 is 31.1 Å². The fourth-order valence-corrected chi connectivity index (χ4v) is 6.04. The third-order valence-corrected chi connectivity index (χ3v) is 8.63. The Bertz CT molecular complexity index is 1550. The molecule has 0 saturated carbocycles.